The van der Waals surface area contributed by atoms with E-state index in [-0.39, 0.29) is 41.2 Å². The number of anilines is 1. The van der Waals surface area contributed by atoms with Gasteiger partial charge in [-0.15, -0.1) is 0 Å². The van der Waals surface area contributed by atoms with Crippen LogP contribution in [-0.2, 0) is 25.5 Å². The number of likely N-dealkylation sites (tertiary alicyclic amines) is 1. The smallest absolute Gasteiger partial charge is 0.259 e. The summed E-state index contributed by atoms with van der Waals surface area (Å²) in [6.45, 7) is 4.07. The van der Waals surface area contributed by atoms with Crippen LogP contribution in [0.4, 0.5) is 5.69 Å². The molecule has 218 valence electrons. The van der Waals surface area contributed by atoms with Crippen LogP contribution in [0.2, 0.25) is 0 Å². The van der Waals surface area contributed by atoms with Gasteiger partial charge in [0, 0.05) is 43.1 Å². The Bertz CT molecular complexity index is 1580. The number of imide groups is 1. The molecule has 6 aliphatic rings. The second-order valence-corrected chi connectivity index (χ2v) is 12.7. The maximum atomic E-state index is 13.4. The van der Waals surface area contributed by atoms with Crippen LogP contribution < -0.4 is 16.0 Å². The number of aliphatic imine (C=N–C) groups is 1. The van der Waals surface area contributed by atoms with Crippen molar-refractivity contribution in [3.63, 3.8) is 0 Å². The summed E-state index contributed by atoms with van der Waals surface area (Å²) in [6.07, 6.45) is 8.01. The zero-order valence-electron chi connectivity index (χ0n) is 23.7. The van der Waals surface area contributed by atoms with Gasteiger partial charge in [0.15, 0.2) is 0 Å². The van der Waals surface area contributed by atoms with Gasteiger partial charge in [-0.25, -0.2) is 0 Å². The summed E-state index contributed by atoms with van der Waals surface area (Å²) in [5, 5.41) is 4.10. The molecule has 4 amide bonds. The van der Waals surface area contributed by atoms with Gasteiger partial charge in [-0.05, 0) is 73.9 Å². The molecule has 2 aromatic carbocycles. The molecule has 42 heavy (non-hydrogen) atoms. The predicted molar refractivity (Wildman–Crippen MR) is 157 cm³/mol. The van der Waals surface area contributed by atoms with Crippen molar-refractivity contribution >= 4 is 46.3 Å². The molecule has 8 rings (SSSR count). The van der Waals surface area contributed by atoms with Crippen LogP contribution >= 0.6 is 0 Å². The average molecular weight is 570 g/mol. The Hall–Kier alpha value is -4.05. The van der Waals surface area contributed by atoms with E-state index in [2.05, 4.69) is 12.2 Å². The van der Waals surface area contributed by atoms with Crippen LogP contribution in [-0.4, -0.2) is 72.1 Å². The maximum absolute atomic E-state index is 13.4. The molecule has 1 atom stereocenters. The molecule has 1 aliphatic carbocycles. The van der Waals surface area contributed by atoms with Crippen LogP contribution in [0, 0.1) is 5.41 Å². The highest BCUT2D eigenvalue weighted by atomic mass is 16.5. The zero-order chi connectivity index (χ0) is 29.2. The van der Waals surface area contributed by atoms with E-state index >= 15 is 0 Å². The van der Waals surface area contributed by atoms with Crippen molar-refractivity contribution in [3.8, 4) is 0 Å². The largest absolute Gasteiger partial charge is 0.404 e. The summed E-state index contributed by atoms with van der Waals surface area (Å²) in [6, 6.07) is 8.76. The van der Waals surface area contributed by atoms with Crippen molar-refractivity contribution in [1.29, 1.82) is 0 Å². The van der Waals surface area contributed by atoms with Gasteiger partial charge in [-0.1, -0.05) is 18.2 Å². The van der Waals surface area contributed by atoms with Gasteiger partial charge in [0.1, 0.15) is 6.04 Å². The zero-order valence-corrected chi connectivity index (χ0v) is 23.7. The molecule has 10 heteroatoms. The van der Waals surface area contributed by atoms with Crippen molar-refractivity contribution in [2.45, 2.75) is 69.6 Å². The third-order valence-corrected chi connectivity index (χ3v) is 9.90. The number of piperidine rings is 2. The Morgan fingerprint density at radius 1 is 1.17 bits per heavy atom. The van der Waals surface area contributed by atoms with Crippen molar-refractivity contribution in [2.75, 3.05) is 24.6 Å². The molecule has 0 spiro atoms. The average Bonchev–Trinajstić information content (AvgIpc) is 3.66. The summed E-state index contributed by atoms with van der Waals surface area (Å²) < 4.78 is 5.66. The van der Waals surface area contributed by atoms with Gasteiger partial charge >= 0.3 is 0 Å². The lowest BCUT2D eigenvalue weighted by Crippen LogP contribution is -2.53. The second kappa shape index (κ2) is 9.76. The highest BCUT2D eigenvalue weighted by molar-refractivity contribution is 6.27. The SMILES string of the molecule is CC1(N=CC(=CN)Cc2ccc3c4c(cccc24)C(=O)N3[C@@H]2CCC(=O)NC2=O)CCN(C(=O)C23COC(C2)C3)CC1. The van der Waals surface area contributed by atoms with Crippen LogP contribution in [0.25, 0.3) is 10.8 Å². The number of amides is 4. The van der Waals surface area contributed by atoms with Gasteiger partial charge in [0.05, 0.1) is 29.4 Å². The molecular weight excluding hydrogens is 534 g/mol. The van der Waals surface area contributed by atoms with Crippen LogP contribution in [0.1, 0.15) is 61.4 Å². The van der Waals surface area contributed by atoms with E-state index in [1.807, 2.05) is 35.4 Å². The number of fused-ring (bicyclic) bond motifs is 1. The van der Waals surface area contributed by atoms with Gasteiger partial charge < -0.3 is 15.4 Å². The molecule has 2 bridgehead atoms. The molecule has 5 fully saturated rings. The highest BCUT2D eigenvalue weighted by Crippen LogP contribution is 2.51. The summed E-state index contributed by atoms with van der Waals surface area (Å²) in [5.74, 6) is -0.742. The number of nitrogens with one attached hydrogen (secondary N) is 1. The highest BCUT2D eigenvalue weighted by Gasteiger charge is 2.58. The van der Waals surface area contributed by atoms with E-state index in [0.29, 0.717) is 43.8 Å². The normalized spacial score (nSPS) is 28.5. The molecule has 4 saturated heterocycles. The molecule has 0 radical (unpaired) electrons. The maximum Gasteiger partial charge on any atom is 0.259 e. The first-order valence-corrected chi connectivity index (χ1v) is 14.8. The van der Waals surface area contributed by atoms with Gasteiger partial charge in [-0.2, -0.15) is 0 Å². The van der Waals surface area contributed by atoms with Crippen molar-refractivity contribution in [3.05, 3.63) is 53.2 Å². The Labute approximate surface area is 243 Å². The first kappa shape index (κ1) is 26.8. The molecular formula is C32H35N5O5. The predicted octanol–water partition coefficient (Wildman–Crippen LogP) is 2.62. The molecule has 1 saturated carbocycles. The van der Waals surface area contributed by atoms with Crippen molar-refractivity contribution < 1.29 is 23.9 Å². The standard InChI is InChI=1S/C32H35N5O5/c1-31(9-11-36(12-10-31)30(41)32-14-21(15-32)42-18-32)34-17-19(16-33)13-20-5-6-24-27-22(20)3-2-4-23(27)29(40)37(24)25-7-8-26(38)35-28(25)39/h2-6,16-17,21,25H,7-15,18,33H2,1H3,(H,35,38,39)/t21?,25-,32?/m1/s1. The van der Waals surface area contributed by atoms with Crippen LogP contribution in [0.15, 0.2) is 47.1 Å². The third-order valence-electron chi connectivity index (χ3n) is 9.90. The van der Waals surface area contributed by atoms with E-state index < -0.39 is 11.9 Å². The number of ether oxygens (including phenoxy) is 1. The van der Waals surface area contributed by atoms with Crippen LogP contribution in [0.5, 0.6) is 0 Å². The Morgan fingerprint density at radius 3 is 2.64 bits per heavy atom. The molecule has 3 N–H and O–H groups in total. The molecule has 5 aliphatic heterocycles. The van der Waals surface area contributed by atoms with Gasteiger partial charge in [-0.3, -0.25) is 34.4 Å². The number of nitrogens with zero attached hydrogens (tertiary/aromatic N) is 3. The van der Waals surface area contributed by atoms with Gasteiger partial charge in [0.2, 0.25) is 17.7 Å². The summed E-state index contributed by atoms with van der Waals surface area (Å²) >= 11 is 0. The third kappa shape index (κ3) is 4.22. The number of benzene rings is 2. The summed E-state index contributed by atoms with van der Waals surface area (Å²) in [7, 11) is 0. The fraction of sp³-hybridized carbons (Fsp3) is 0.469. The van der Waals surface area contributed by atoms with Crippen molar-refractivity contribution in [1.82, 2.24) is 10.2 Å². The molecule has 2 aromatic rings. The van der Waals surface area contributed by atoms with E-state index in [4.69, 9.17) is 15.5 Å². The number of hydrogen-bond donors (Lipinski definition) is 2. The number of allylic oxidation sites excluding steroid dienone is 1. The minimum atomic E-state index is -0.720. The number of hydrogen-bond acceptors (Lipinski definition) is 7. The Kier molecular flexibility index (Phi) is 6.23. The molecule has 0 unspecified atom stereocenters. The number of rotatable bonds is 6. The Balaban J connectivity index is 1.07. The minimum Gasteiger partial charge on any atom is -0.404 e. The monoisotopic (exact) mass is 569 g/mol. The fourth-order valence-corrected chi connectivity index (χ4v) is 7.28. The summed E-state index contributed by atoms with van der Waals surface area (Å²) in [5.41, 5.74) is 8.59. The second-order valence-electron chi connectivity index (χ2n) is 12.7. The lowest BCUT2D eigenvalue weighted by atomic mass is 9.69. The Morgan fingerprint density at radius 2 is 1.95 bits per heavy atom. The minimum absolute atomic E-state index is 0.200. The lowest BCUT2D eigenvalue weighted by Gasteiger charge is -2.43. The topological polar surface area (TPSA) is 134 Å². The van der Waals surface area contributed by atoms with E-state index in [1.54, 1.807) is 12.3 Å². The molecule has 5 heterocycles. The first-order chi connectivity index (χ1) is 20.2. The molecule has 10 nitrogen and oxygen atoms in total. The quantitative estimate of drug-likeness (QED) is 0.406. The van der Waals surface area contributed by atoms with E-state index in [0.717, 1.165) is 47.6 Å². The van der Waals surface area contributed by atoms with E-state index in [1.165, 1.54) is 4.90 Å². The molecule has 0 aromatic heterocycles. The number of carbonyl (C=O) groups excluding carboxylic acids is 4. The van der Waals surface area contributed by atoms with Gasteiger partial charge in [0.25, 0.3) is 5.91 Å². The van der Waals surface area contributed by atoms with E-state index in [9.17, 15) is 19.2 Å². The first-order valence-electron chi connectivity index (χ1n) is 14.8. The summed E-state index contributed by atoms with van der Waals surface area (Å²) in [4.78, 5) is 59.4. The van der Waals surface area contributed by atoms with Crippen LogP contribution in [0.3, 0.4) is 0 Å². The lowest BCUT2D eigenvalue weighted by molar-refractivity contribution is -0.145. The van der Waals surface area contributed by atoms with Crippen molar-refractivity contribution in [2.24, 2.45) is 16.1 Å². The number of carbonyl (C=O) groups is 4. The number of nitrogens with two attached hydrogens (primary N) is 1. The fourth-order valence-electron chi connectivity index (χ4n) is 7.28.